The third-order valence-electron chi connectivity index (χ3n) is 5.05. The first kappa shape index (κ1) is 47.5. The van der Waals surface area contributed by atoms with Crippen molar-refractivity contribution in [3.63, 3.8) is 0 Å². The molecule has 7 N–H and O–H groups in total. The van der Waals surface area contributed by atoms with Gasteiger partial charge in [0, 0.05) is 66.6 Å². The first-order valence-electron chi connectivity index (χ1n) is 14.0. The molecule has 0 rings (SSSR count). The normalized spacial score (nSPS) is 15.1. The van der Waals surface area contributed by atoms with Crippen LogP contribution in [0.1, 0.15) is 93.4 Å². The molecule has 43 heavy (non-hydrogen) atoms. The fraction of sp³-hybridized carbons (Fsp3) is 0.857. The van der Waals surface area contributed by atoms with Crippen molar-refractivity contribution in [1.29, 1.82) is 0 Å². The van der Waals surface area contributed by atoms with Gasteiger partial charge in [-0.05, 0) is 40.0 Å². The number of ether oxygens (including phenoxy) is 4. The van der Waals surface area contributed by atoms with E-state index in [1.54, 1.807) is 20.8 Å². The van der Waals surface area contributed by atoms with Crippen LogP contribution in [0.4, 0.5) is 0 Å². The minimum Gasteiger partial charge on any atom is -0.870 e. The van der Waals surface area contributed by atoms with E-state index in [9.17, 15) is 24.3 Å². The molecule has 0 spiro atoms. The van der Waals surface area contributed by atoms with Gasteiger partial charge in [-0.15, -0.1) is 0 Å². The Morgan fingerprint density at radius 2 is 0.977 bits per heavy atom. The van der Waals surface area contributed by atoms with Crippen molar-refractivity contribution >= 4 is 23.9 Å². The SMILES string of the molecule is CC(=O)OC(CC(C)O)CC(O)CCO.CC(=O)OCCC(CC(C)OC(C)=O)OC(C)=O.CC(O)CC(O)CCO.[OH-]. The monoisotopic (exact) mass is 631 g/mol. The van der Waals surface area contributed by atoms with Gasteiger partial charge in [-0.1, -0.05) is 0 Å². The smallest absolute Gasteiger partial charge is 0.302 e. The minimum atomic E-state index is -0.710. The van der Waals surface area contributed by atoms with Crippen LogP contribution in [0, 0.1) is 0 Å². The van der Waals surface area contributed by atoms with E-state index in [0.29, 0.717) is 32.1 Å². The zero-order valence-corrected chi connectivity index (χ0v) is 26.5. The highest BCUT2D eigenvalue weighted by molar-refractivity contribution is 5.67. The molecule has 0 aromatic carbocycles. The van der Waals surface area contributed by atoms with Crippen molar-refractivity contribution in [3.05, 3.63) is 0 Å². The van der Waals surface area contributed by atoms with Crippen molar-refractivity contribution in [2.75, 3.05) is 19.8 Å². The lowest BCUT2D eigenvalue weighted by atomic mass is 10.0. The first-order valence-corrected chi connectivity index (χ1v) is 14.0. The van der Waals surface area contributed by atoms with E-state index >= 15 is 0 Å². The molecular formula is C28H55O15-. The number of hydrogen-bond donors (Lipinski definition) is 6. The van der Waals surface area contributed by atoms with Gasteiger partial charge in [0.25, 0.3) is 0 Å². The zero-order chi connectivity index (χ0) is 33.3. The lowest BCUT2D eigenvalue weighted by Gasteiger charge is -2.20. The largest absolute Gasteiger partial charge is 0.870 e. The number of hydrogen-bond acceptors (Lipinski definition) is 15. The van der Waals surface area contributed by atoms with Gasteiger partial charge in [0.1, 0.15) is 18.3 Å². The molecule has 0 saturated carbocycles. The molecule has 0 aliphatic carbocycles. The van der Waals surface area contributed by atoms with E-state index in [2.05, 4.69) is 0 Å². The number of carbonyl (C=O) groups excluding carboxylic acids is 4. The summed E-state index contributed by atoms with van der Waals surface area (Å²) < 4.78 is 19.7. The molecule has 0 aliphatic heterocycles. The Bertz CT molecular complexity index is 714. The Hall–Kier alpha value is -2.40. The summed E-state index contributed by atoms with van der Waals surface area (Å²) in [5.41, 5.74) is 0. The van der Waals surface area contributed by atoms with Crippen LogP contribution in [0.15, 0.2) is 0 Å². The van der Waals surface area contributed by atoms with E-state index in [-0.39, 0.29) is 56.2 Å². The zero-order valence-electron chi connectivity index (χ0n) is 26.5. The molecular weight excluding hydrogens is 576 g/mol. The second-order valence-electron chi connectivity index (χ2n) is 9.98. The lowest BCUT2D eigenvalue weighted by molar-refractivity contribution is -0.153. The number of carbonyl (C=O) groups is 4. The molecule has 0 aliphatic rings. The van der Waals surface area contributed by atoms with E-state index in [4.69, 9.17) is 44.5 Å². The van der Waals surface area contributed by atoms with Gasteiger partial charge in [-0.3, -0.25) is 19.2 Å². The van der Waals surface area contributed by atoms with E-state index in [1.165, 1.54) is 27.7 Å². The van der Waals surface area contributed by atoms with Gasteiger partial charge in [0.15, 0.2) is 0 Å². The third-order valence-corrected chi connectivity index (χ3v) is 5.05. The quantitative estimate of drug-likeness (QED) is 0.0881. The van der Waals surface area contributed by atoms with Gasteiger partial charge >= 0.3 is 23.9 Å². The van der Waals surface area contributed by atoms with Crippen molar-refractivity contribution in [2.24, 2.45) is 0 Å². The maximum atomic E-state index is 10.9. The maximum Gasteiger partial charge on any atom is 0.302 e. The fourth-order valence-electron chi connectivity index (χ4n) is 3.53. The van der Waals surface area contributed by atoms with Crippen molar-refractivity contribution in [2.45, 2.75) is 136 Å². The highest BCUT2D eigenvalue weighted by Crippen LogP contribution is 2.13. The molecule has 0 aromatic rings. The van der Waals surface area contributed by atoms with Gasteiger partial charge in [-0.25, -0.2) is 0 Å². The molecule has 258 valence electrons. The predicted molar refractivity (Wildman–Crippen MR) is 153 cm³/mol. The number of aliphatic hydroxyl groups excluding tert-OH is 6. The van der Waals surface area contributed by atoms with Crippen LogP contribution >= 0.6 is 0 Å². The van der Waals surface area contributed by atoms with Crippen LogP contribution in [0.3, 0.4) is 0 Å². The third kappa shape index (κ3) is 39.6. The van der Waals surface area contributed by atoms with Crippen LogP contribution < -0.4 is 0 Å². The minimum absolute atomic E-state index is 0. The summed E-state index contributed by atoms with van der Waals surface area (Å²) in [4.78, 5) is 43.0. The Labute approximate surface area is 254 Å². The fourth-order valence-corrected chi connectivity index (χ4v) is 3.53. The Balaban J connectivity index is -0.000000276. The molecule has 0 bridgehead atoms. The molecule has 0 saturated heterocycles. The van der Waals surface area contributed by atoms with Crippen molar-refractivity contribution in [1.82, 2.24) is 0 Å². The number of esters is 4. The van der Waals surface area contributed by atoms with Crippen molar-refractivity contribution < 1.29 is 74.2 Å². The van der Waals surface area contributed by atoms with E-state index in [0.717, 1.165) is 0 Å². The summed E-state index contributed by atoms with van der Waals surface area (Å²) in [6.07, 6.45) is -1.39. The topological polar surface area (TPSA) is 257 Å². The number of rotatable bonds is 18. The highest BCUT2D eigenvalue weighted by Gasteiger charge is 2.19. The lowest BCUT2D eigenvalue weighted by Crippen LogP contribution is -2.26. The maximum absolute atomic E-state index is 10.9. The van der Waals surface area contributed by atoms with Crippen molar-refractivity contribution in [3.8, 4) is 0 Å². The molecule has 15 nitrogen and oxygen atoms in total. The molecule has 0 heterocycles. The number of aliphatic hydroxyl groups is 6. The van der Waals surface area contributed by atoms with Gasteiger partial charge in [-0.2, -0.15) is 0 Å². The molecule has 7 atom stereocenters. The van der Waals surface area contributed by atoms with E-state index < -0.39 is 48.6 Å². The van der Waals surface area contributed by atoms with Crippen LogP contribution in [0.5, 0.6) is 0 Å². The molecule has 0 aromatic heterocycles. The summed E-state index contributed by atoms with van der Waals surface area (Å²) in [6.45, 7) is 10.2. The summed E-state index contributed by atoms with van der Waals surface area (Å²) >= 11 is 0. The molecule has 0 radical (unpaired) electrons. The summed E-state index contributed by atoms with van der Waals surface area (Å²) in [5.74, 6) is -1.62. The van der Waals surface area contributed by atoms with E-state index in [1.807, 2.05) is 0 Å². The Kier molecular flexibility index (Phi) is 32.8. The molecule has 15 heteroatoms. The van der Waals surface area contributed by atoms with Crippen LogP contribution in [0.25, 0.3) is 0 Å². The standard InChI is InChI=1S/C12H20O6.C10H20O5.C6H14O3.H2O/c1-8(17-10(3)14)7-12(18-11(4)15)5-6-16-9(2)13;1-7(12)5-10(15-8(2)13)6-9(14)3-4-11;1-5(8)4-6(9)2-3-7;/h8,12H,5-7H2,1-4H3;7,9-12,14H,3-6H2,1-2H3;5-9H,2-4H2,1H3;1H2/p-1. The summed E-state index contributed by atoms with van der Waals surface area (Å²) in [7, 11) is 0. The molecule has 0 fully saturated rings. The van der Waals surface area contributed by atoms with Crippen LogP contribution in [0.2, 0.25) is 0 Å². The Morgan fingerprint density at radius 3 is 1.35 bits per heavy atom. The second kappa shape index (κ2) is 29.7. The van der Waals surface area contributed by atoms with Gasteiger partial charge in [0.2, 0.25) is 0 Å². The summed E-state index contributed by atoms with van der Waals surface area (Å²) in [5, 5.41) is 53.1. The average Bonchev–Trinajstić information content (AvgIpc) is 2.77. The van der Waals surface area contributed by atoms with Gasteiger partial charge < -0.3 is 55.1 Å². The Morgan fingerprint density at radius 1 is 0.558 bits per heavy atom. The van der Waals surface area contributed by atoms with Crippen LogP contribution in [-0.4, -0.2) is 123 Å². The molecule has 0 amide bonds. The second-order valence-corrected chi connectivity index (χ2v) is 9.98. The van der Waals surface area contributed by atoms with Crippen LogP contribution in [-0.2, 0) is 38.1 Å². The highest BCUT2D eigenvalue weighted by atomic mass is 16.6. The predicted octanol–water partition coefficient (Wildman–Crippen LogP) is 0.359. The summed E-state index contributed by atoms with van der Waals surface area (Å²) in [6, 6.07) is 0. The molecule has 7 unspecified atom stereocenters. The van der Waals surface area contributed by atoms with Gasteiger partial charge in [0.05, 0.1) is 31.0 Å². The first-order chi connectivity index (χ1) is 19.4. The average molecular weight is 632 g/mol.